The van der Waals surface area contributed by atoms with E-state index < -0.39 is 0 Å². The van der Waals surface area contributed by atoms with Crippen molar-refractivity contribution in [2.75, 3.05) is 18.5 Å². The number of rotatable bonds is 5. The van der Waals surface area contributed by atoms with Gasteiger partial charge in [-0.25, -0.2) is 0 Å². The van der Waals surface area contributed by atoms with Gasteiger partial charge in [0.1, 0.15) is 6.61 Å². The molecule has 0 heterocycles. The normalized spacial score (nSPS) is 22.5. The first kappa shape index (κ1) is 15.3. The highest BCUT2D eigenvalue weighted by atomic mass is 35.5. The van der Waals surface area contributed by atoms with Crippen molar-refractivity contribution in [1.82, 2.24) is 0 Å². The molecule has 5 heteroatoms. The number of hydrogen-bond donors (Lipinski definition) is 2. The smallest absolute Gasteiger partial charge is 0.250 e. The van der Waals surface area contributed by atoms with Crippen molar-refractivity contribution in [3.8, 4) is 0 Å². The molecule has 1 aromatic carbocycles. The van der Waals surface area contributed by atoms with Gasteiger partial charge in [-0.1, -0.05) is 36.6 Å². The fraction of sp³-hybridized carbons (Fsp3) is 0.533. The lowest BCUT2D eigenvalue weighted by atomic mass is 9.86. The Bertz CT molecular complexity index is 453. The minimum atomic E-state index is -0.181. The second-order valence-corrected chi connectivity index (χ2v) is 5.56. The van der Waals surface area contributed by atoms with Gasteiger partial charge in [-0.15, -0.1) is 0 Å². The summed E-state index contributed by atoms with van der Waals surface area (Å²) in [7, 11) is 0. The molecular formula is C15H21ClN2O2. The Hall–Kier alpha value is -1.10. The summed E-state index contributed by atoms with van der Waals surface area (Å²) in [5, 5.41) is 3.28. The molecule has 0 radical (unpaired) electrons. The Labute approximate surface area is 124 Å². The Kier molecular flexibility index (Phi) is 5.83. The van der Waals surface area contributed by atoms with E-state index in [1.54, 1.807) is 12.1 Å². The maximum atomic E-state index is 11.9. The van der Waals surface area contributed by atoms with Crippen molar-refractivity contribution in [3.05, 3.63) is 29.3 Å². The van der Waals surface area contributed by atoms with Crippen molar-refractivity contribution >= 4 is 23.2 Å². The summed E-state index contributed by atoms with van der Waals surface area (Å²) in [4.78, 5) is 11.9. The summed E-state index contributed by atoms with van der Waals surface area (Å²) >= 11 is 5.99. The lowest BCUT2D eigenvalue weighted by Crippen LogP contribution is -2.35. The molecule has 0 aromatic heterocycles. The quantitative estimate of drug-likeness (QED) is 0.878. The largest absolute Gasteiger partial charge is 0.368 e. The van der Waals surface area contributed by atoms with Crippen molar-refractivity contribution in [1.29, 1.82) is 0 Å². The van der Waals surface area contributed by atoms with Gasteiger partial charge in [-0.05, 0) is 37.4 Å². The first-order valence-electron chi connectivity index (χ1n) is 7.06. The lowest BCUT2D eigenvalue weighted by molar-refractivity contribution is -0.124. The third kappa shape index (κ3) is 4.20. The Morgan fingerprint density at radius 1 is 1.35 bits per heavy atom. The van der Waals surface area contributed by atoms with Gasteiger partial charge in [0.2, 0.25) is 5.91 Å². The van der Waals surface area contributed by atoms with Gasteiger partial charge in [0.15, 0.2) is 0 Å². The van der Waals surface area contributed by atoms with E-state index in [9.17, 15) is 4.79 Å². The van der Waals surface area contributed by atoms with E-state index in [0.29, 0.717) is 23.2 Å². The predicted molar refractivity (Wildman–Crippen MR) is 80.8 cm³/mol. The lowest BCUT2D eigenvalue weighted by Gasteiger charge is -2.30. The zero-order chi connectivity index (χ0) is 14.4. The number of carbonyl (C=O) groups is 1. The first-order valence-corrected chi connectivity index (χ1v) is 7.44. The summed E-state index contributed by atoms with van der Waals surface area (Å²) in [5.74, 6) is 0.191. The van der Waals surface area contributed by atoms with E-state index in [0.717, 1.165) is 19.3 Å². The van der Waals surface area contributed by atoms with Gasteiger partial charge in [0.25, 0.3) is 0 Å². The number of hydrogen-bond acceptors (Lipinski definition) is 3. The van der Waals surface area contributed by atoms with Crippen LogP contribution in [0.15, 0.2) is 24.3 Å². The maximum Gasteiger partial charge on any atom is 0.250 e. The Morgan fingerprint density at radius 3 is 2.85 bits per heavy atom. The molecular weight excluding hydrogens is 276 g/mol. The van der Waals surface area contributed by atoms with Gasteiger partial charge in [-0.3, -0.25) is 4.79 Å². The molecule has 0 saturated heterocycles. The van der Waals surface area contributed by atoms with E-state index in [1.165, 1.54) is 6.42 Å². The Morgan fingerprint density at radius 2 is 2.10 bits per heavy atom. The van der Waals surface area contributed by atoms with E-state index >= 15 is 0 Å². The zero-order valence-electron chi connectivity index (χ0n) is 11.5. The van der Waals surface area contributed by atoms with Crippen molar-refractivity contribution in [2.24, 2.45) is 11.7 Å². The molecule has 0 bridgehead atoms. The minimum absolute atomic E-state index is 0.0480. The average Bonchev–Trinajstić information content (AvgIpc) is 2.48. The fourth-order valence-electron chi connectivity index (χ4n) is 2.59. The molecule has 0 spiro atoms. The molecule has 1 aromatic rings. The molecule has 4 nitrogen and oxygen atoms in total. The molecule has 3 N–H and O–H groups in total. The zero-order valence-corrected chi connectivity index (χ0v) is 12.2. The number of nitrogens with two attached hydrogens (primary N) is 1. The Balaban J connectivity index is 1.81. The van der Waals surface area contributed by atoms with Crippen LogP contribution in [0.1, 0.15) is 25.7 Å². The monoisotopic (exact) mass is 296 g/mol. The molecule has 1 fully saturated rings. The molecule has 1 amide bonds. The van der Waals surface area contributed by atoms with Crippen LogP contribution in [0.4, 0.5) is 5.69 Å². The summed E-state index contributed by atoms with van der Waals surface area (Å²) in [6.45, 7) is 0.670. The fourth-order valence-corrected chi connectivity index (χ4v) is 2.78. The van der Waals surface area contributed by atoms with Gasteiger partial charge < -0.3 is 15.8 Å². The number of halogens is 1. The average molecular weight is 297 g/mol. The van der Waals surface area contributed by atoms with Crippen molar-refractivity contribution in [3.63, 3.8) is 0 Å². The topological polar surface area (TPSA) is 64.3 Å². The van der Waals surface area contributed by atoms with Crippen molar-refractivity contribution < 1.29 is 9.53 Å². The SMILES string of the molecule is NCC1CCCCC1OCC(=O)Nc1ccccc1Cl. The molecule has 2 unspecified atom stereocenters. The second-order valence-electron chi connectivity index (χ2n) is 5.16. The van der Waals surface area contributed by atoms with Crippen molar-refractivity contribution in [2.45, 2.75) is 31.8 Å². The number of benzene rings is 1. The molecule has 2 rings (SSSR count). The van der Waals surface area contributed by atoms with Crippen LogP contribution >= 0.6 is 11.6 Å². The van der Waals surface area contributed by atoms with Crippen LogP contribution in [0.2, 0.25) is 5.02 Å². The molecule has 2 atom stereocenters. The number of anilines is 1. The van der Waals surface area contributed by atoms with E-state index in [4.69, 9.17) is 22.1 Å². The summed E-state index contributed by atoms with van der Waals surface area (Å²) in [5.41, 5.74) is 6.36. The minimum Gasteiger partial charge on any atom is -0.368 e. The van der Waals surface area contributed by atoms with Gasteiger partial charge in [0.05, 0.1) is 16.8 Å². The first-order chi connectivity index (χ1) is 9.70. The molecule has 20 heavy (non-hydrogen) atoms. The van der Waals surface area contributed by atoms with Crippen LogP contribution in [0.5, 0.6) is 0 Å². The standard InChI is InChI=1S/C15H21ClN2O2/c16-12-6-2-3-7-13(12)18-15(19)10-20-14-8-4-1-5-11(14)9-17/h2-3,6-7,11,14H,1,4-5,8-10,17H2,(H,18,19). The van der Waals surface area contributed by atoms with E-state index in [-0.39, 0.29) is 18.6 Å². The highest BCUT2D eigenvalue weighted by molar-refractivity contribution is 6.33. The molecule has 1 aliphatic carbocycles. The van der Waals surface area contributed by atoms with Gasteiger partial charge >= 0.3 is 0 Å². The van der Waals surface area contributed by atoms with Crippen LogP contribution < -0.4 is 11.1 Å². The number of ether oxygens (including phenoxy) is 1. The third-order valence-corrected chi connectivity index (χ3v) is 4.05. The highest BCUT2D eigenvalue weighted by Crippen LogP contribution is 2.26. The molecule has 1 saturated carbocycles. The van der Waals surface area contributed by atoms with Crippen LogP contribution in [0.25, 0.3) is 0 Å². The number of amides is 1. The second kappa shape index (κ2) is 7.62. The maximum absolute atomic E-state index is 11.9. The molecule has 0 aliphatic heterocycles. The van der Waals surface area contributed by atoms with E-state index in [2.05, 4.69) is 5.32 Å². The highest BCUT2D eigenvalue weighted by Gasteiger charge is 2.25. The third-order valence-electron chi connectivity index (χ3n) is 3.72. The van der Waals surface area contributed by atoms with E-state index in [1.807, 2.05) is 12.1 Å². The molecule has 1 aliphatic rings. The number of carbonyl (C=O) groups excluding carboxylic acids is 1. The summed E-state index contributed by atoms with van der Waals surface area (Å²) in [6, 6.07) is 7.16. The summed E-state index contributed by atoms with van der Waals surface area (Å²) < 4.78 is 5.73. The summed E-state index contributed by atoms with van der Waals surface area (Å²) in [6.07, 6.45) is 4.53. The van der Waals surface area contributed by atoms with Crippen LogP contribution in [0, 0.1) is 5.92 Å². The molecule has 110 valence electrons. The van der Waals surface area contributed by atoms with Crippen LogP contribution in [-0.2, 0) is 9.53 Å². The number of para-hydroxylation sites is 1. The number of nitrogens with one attached hydrogen (secondary N) is 1. The predicted octanol–water partition coefficient (Wildman–Crippen LogP) is 2.81. The van der Waals surface area contributed by atoms with Crippen LogP contribution in [0.3, 0.4) is 0 Å². The van der Waals surface area contributed by atoms with Crippen LogP contribution in [-0.4, -0.2) is 25.2 Å². The van der Waals surface area contributed by atoms with Gasteiger partial charge in [0, 0.05) is 0 Å². The van der Waals surface area contributed by atoms with Gasteiger partial charge in [-0.2, -0.15) is 0 Å².